The molecule has 0 spiro atoms. The minimum absolute atomic E-state index is 0.0434. The van der Waals surface area contributed by atoms with Crippen molar-refractivity contribution in [1.29, 1.82) is 0 Å². The molecule has 0 atom stereocenters. The molecule has 9 nitrogen and oxygen atoms in total. The lowest BCUT2D eigenvalue weighted by atomic mass is 10.3. The monoisotopic (exact) mass is 344 g/mol. The lowest BCUT2D eigenvalue weighted by molar-refractivity contribution is -0.130. The maximum atomic E-state index is 12.4. The molecule has 3 aromatic heterocycles. The molecule has 0 radical (unpaired) electrons. The van der Waals surface area contributed by atoms with Crippen LogP contribution in [-0.4, -0.2) is 41.5 Å². The molecule has 3 heterocycles. The van der Waals surface area contributed by atoms with E-state index in [2.05, 4.69) is 9.97 Å². The quantitative estimate of drug-likeness (QED) is 0.694. The van der Waals surface area contributed by atoms with Gasteiger partial charge in [0, 0.05) is 46.0 Å². The van der Waals surface area contributed by atoms with Gasteiger partial charge in [-0.05, 0) is 12.1 Å². The third-order valence-electron chi connectivity index (χ3n) is 4.28. The summed E-state index contributed by atoms with van der Waals surface area (Å²) in [5, 5.41) is 0. The van der Waals surface area contributed by atoms with Gasteiger partial charge in [0.05, 0.1) is 12.9 Å². The van der Waals surface area contributed by atoms with E-state index in [0.717, 1.165) is 10.3 Å². The lowest BCUT2D eigenvalue weighted by Gasteiger charge is -2.16. The molecule has 3 rings (SSSR count). The van der Waals surface area contributed by atoms with E-state index < -0.39 is 11.2 Å². The van der Waals surface area contributed by atoms with Crippen molar-refractivity contribution in [3.8, 4) is 0 Å². The van der Waals surface area contributed by atoms with Crippen LogP contribution in [0.15, 0.2) is 34.2 Å². The number of nitrogens with zero attached hydrogens (tertiary/aromatic N) is 5. The Morgan fingerprint density at radius 2 is 2.04 bits per heavy atom. The van der Waals surface area contributed by atoms with Gasteiger partial charge in [-0.25, -0.2) is 9.78 Å². The molecular weight excluding hydrogens is 324 g/mol. The number of amides is 1. The van der Waals surface area contributed by atoms with E-state index in [9.17, 15) is 14.4 Å². The number of imidazole rings is 1. The summed E-state index contributed by atoms with van der Waals surface area (Å²) in [5.74, 6) is -0.0434. The van der Waals surface area contributed by atoms with Crippen LogP contribution < -0.4 is 11.2 Å². The van der Waals surface area contributed by atoms with Crippen molar-refractivity contribution in [1.82, 2.24) is 28.6 Å². The Hall–Kier alpha value is -3.10. The average Bonchev–Trinajstić information content (AvgIpc) is 3.25. The molecule has 0 bridgehead atoms. The van der Waals surface area contributed by atoms with E-state index >= 15 is 0 Å². The Morgan fingerprint density at radius 3 is 2.72 bits per heavy atom. The van der Waals surface area contributed by atoms with E-state index in [1.807, 2.05) is 18.3 Å². The lowest BCUT2D eigenvalue weighted by Crippen LogP contribution is -2.37. The SMILES string of the molecule is CN(Cc1ccc[nH]1)C(=O)CCn1cnc2c1c(=O)n(C)c(=O)n2C. The van der Waals surface area contributed by atoms with Gasteiger partial charge in [0.2, 0.25) is 5.91 Å². The number of aromatic nitrogens is 5. The molecule has 0 aliphatic heterocycles. The zero-order valence-corrected chi connectivity index (χ0v) is 14.4. The first-order chi connectivity index (χ1) is 11.9. The Morgan fingerprint density at radius 1 is 1.28 bits per heavy atom. The van der Waals surface area contributed by atoms with Gasteiger partial charge in [0.15, 0.2) is 11.2 Å². The molecule has 9 heteroatoms. The number of rotatable bonds is 5. The summed E-state index contributed by atoms with van der Waals surface area (Å²) in [7, 11) is 4.73. The van der Waals surface area contributed by atoms with Gasteiger partial charge in [-0.15, -0.1) is 0 Å². The van der Waals surface area contributed by atoms with E-state index in [-0.39, 0.29) is 12.3 Å². The van der Waals surface area contributed by atoms with Crippen LogP contribution in [0.2, 0.25) is 0 Å². The molecule has 0 saturated carbocycles. The molecular formula is C16H20N6O3. The second kappa shape index (κ2) is 6.42. The van der Waals surface area contributed by atoms with E-state index in [0.29, 0.717) is 24.3 Å². The van der Waals surface area contributed by atoms with Crippen LogP contribution in [0.3, 0.4) is 0 Å². The van der Waals surface area contributed by atoms with Gasteiger partial charge in [0.1, 0.15) is 0 Å². The van der Waals surface area contributed by atoms with Crippen molar-refractivity contribution < 1.29 is 4.79 Å². The first kappa shape index (κ1) is 16.7. The number of nitrogens with one attached hydrogen (secondary N) is 1. The van der Waals surface area contributed by atoms with Gasteiger partial charge in [-0.2, -0.15) is 0 Å². The van der Waals surface area contributed by atoms with Gasteiger partial charge in [-0.1, -0.05) is 0 Å². The van der Waals surface area contributed by atoms with E-state index in [1.54, 1.807) is 23.6 Å². The normalized spacial score (nSPS) is 11.2. The fourth-order valence-electron chi connectivity index (χ4n) is 2.78. The van der Waals surface area contributed by atoms with Crippen molar-refractivity contribution in [2.75, 3.05) is 7.05 Å². The molecule has 0 fully saturated rings. The molecule has 132 valence electrons. The van der Waals surface area contributed by atoms with Crippen LogP contribution in [-0.2, 0) is 32.0 Å². The van der Waals surface area contributed by atoms with E-state index in [4.69, 9.17) is 0 Å². The second-order valence-corrected chi connectivity index (χ2v) is 6.01. The summed E-state index contributed by atoms with van der Waals surface area (Å²) in [4.78, 5) is 45.4. The smallest absolute Gasteiger partial charge is 0.332 e. The minimum atomic E-state index is -0.426. The minimum Gasteiger partial charge on any atom is -0.364 e. The standard InChI is InChI=1S/C16H20N6O3/c1-19(9-11-5-4-7-17-11)12(23)6-8-22-10-18-14-13(22)15(24)21(3)16(25)20(14)2/h4-5,7,10,17H,6,8-9H2,1-3H3. The summed E-state index contributed by atoms with van der Waals surface area (Å²) < 4.78 is 3.99. The van der Waals surface area contributed by atoms with Crippen molar-refractivity contribution in [2.24, 2.45) is 14.1 Å². The molecule has 0 unspecified atom stereocenters. The predicted octanol–water partition coefficient (Wildman–Crippen LogP) is -0.189. The van der Waals surface area contributed by atoms with Crippen LogP contribution in [0.4, 0.5) is 0 Å². The number of hydrogen-bond donors (Lipinski definition) is 1. The first-order valence-electron chi connectivity index (χ1n) is 7.87. The number of carbonyl (C=O) groups is 1. The fraction of sp³-hybridized carbons (Fsp3) is 0.375. The van der Waals surface area contributed by atoms with Crippen molar-refractivity contribution >= 4 is 17.1 Å². The molecule has 0 saturated heterocycles. The number of aryl methyl sites for hydroxylation is 2. The highest BCUT2D eigenvalue weighted by Gasteiger charge is 2.16. The molecule has 1 N–H and O–H groups in total. The molecule has 1 amide bonds. The molecule has 25 heavy (non-hydrogen) atoms. The topological polar surface area (TPSA) is 97.9 Å². The van der Waals surface area contributed by atoms with Crippen LogP contribution >= 0.6 is 0 Å². The third kappa shape index (κ3) is 3.00. The summed E-state index contributed by atoms with van der Waals surface area (Å²) in [6.45, 7) is 0.810. The Labute approximate surface area is 143 Å². The number of aromatic amines is 1. The Kier molecular flexibility index (Phi) is 4.30. The highest BCUT2D eigenvalue weighted by atomic mass is 16.2. The van der Waals surface area contributed by atoms with Gasteiger partial charge in [0.25, 0.3) is 5.56 Å². The van der Waals surface area contributed by atoms with Crippen molar-refractivity contribution in [3.05, 3.63) is 51.2 Å². The Bertz CT molecular complexity index is 1020. The van der Waals surface area contributed by atoms with Crippen molar-refractivity contribution in [3.63, 3.8) is 0 Å². The number of hydrogen-bond acceptors (Lipinski definition) is 4. The molecule has 0 aliphatic rings. The van der Waals surface area contributed by atoms with Crippen LogP contribution in [0.5, 0.6) is 0 Å². The van der Waals surface area contributed by atoms with Crippen LogP contribution in [0.25, 0.3) is 11.2 Å². The summed E-state index contributed by atoms with van der Waals surface area (Å²) in [6.07, 6.45) is 3.53. The maximum Gasteiger partial charge on any atom is 0.332 e. The zero-order chi connectivity index (χ0) is 18.1. The number of carbonyl (C=O) groups excluding carboxylic acids is 1. The highest BCUT2D eigenvalue weighted by Crippen LogP contribution is 2.08. The largest absolute Gasteiger partial charge is 0.364 e. The van der Waals surface area contributed by atoms with Crippen LogP contribution in [0, 0.1) is 0 Å². The molecule has 0 aromatic carbocycles. The Balaban J connectivity index is 1.79. The summed E-state index contributed by atoms with van der Waals surface area (Å²) >= 11 is 0. The third-order valence-corrected chi connectivity index (χ3v) is 4.28. The average molecular weight is 344 g/mol. The van der Waals surface area contributed by atoms with E-state index in [1.165, 1.54) is 17.9 Å². The summed E-state index contributed by atoms with van der Waals surface area (Å²) in [6, 6.07) is 3.79. The number of H-pyrrole nitrogens is 1. The molecule has 0 aliphatic carbocycles. The highest BCUT2D eigenvalue weighted by molar-refractivity contribution is 5.76. The van der Waals surface area contributed by atoms with Crippen molar-refractivity contribution in [2.45, 2.75) is 19.5 Å². The zero-order valence-electron chi connectivity index (χ0n) is 14.4. The van der Waals surface area contributed by atoms with Gasteiger partial charge < -0.3 is 14.5 Å². The fourth-order valence-corrected chi connectivity index (χ4v) is 2.78. The van der Waals surface area contributed by atoms with Gasteiger partial charge >= 0.3 is 5.69 Å². The first-order valence-corrected chi connectivity index (χ1v) is 7.87. The number of fused-ring (bicyclic) bond motifs is 1. The molecule has 3 aromatic rings. The van der Waals surface area contributed by atoms with Gasteiger partial charge in [-0.3, -0.25) is 18.7 Å². The maximum absolute atomic E-state index is 12.4. The van der Waals surface area contributed by atoms with Crippen LogP contribution in [0.1, 0.15) is 12.1 Å². The summed E-state index contributed by atoms with van der Waals surface area (Å²) in [5.41, 5.74) is 0.754. The predicted molar refractivity (Wildman–Crippen MR) is 92.1 cm³/mol. The second-order valence-electron chi connectivity index (χ2n) is 6.01.